The Morgan fingerprint density at radius 1 is 1.36 bits per heavy atom. The minimum atomic E-state index is -0.450. The molecule has 0 unspecified atom stereocenters. The summed E-state index contributed by atoms with van der Waals surface area (Å²) in [6.45, 7) is 6.09. The molecule has 2 aromatic rings. The maximum Gasteiger partial charge on any atom is 0.145 e. The van der Waals surface area contributed by atoms with E-state index in [0.717, 1.165) is 0 Å². The van der Waals surface area contributed by atoms with Gasteiger partial charge in [-0.15, -0.1) is 0 Å². The zero-order chi connectivity index (χ0) is 20.3. The number of fused-ring (bicyclic) bond motifs is 1. The molecular formula is C22H22ClF2NO2. The number of methoxy groups -OCH3 is 1. The molecule has 2 aromatic carbocycles. The van der Waals surface area contributed by atoms with Gasteiger partial charge in [-0.1, -0.05) is 24.2 Å². The summed E-state index contributed by atoms with van der Waals surface area (Å²) in [4.78, 5) is 0. The zero-order valence-electron chi connectivity index (χ0n) is 15.8. The third kappa shape index (κ3) is 4.47. The van der Waals surface area contributed by atoms with Gasteiger partial charge in [0.25, 0.3) is 0 Å². The van der Waals surface area contributed by atoms with Crippen molar-refractivity contribution in [3.05, 3.63) is 70.5 Å². The monoisotopic (exact) mass is 405 g/mol. The minimum Gasteiger partial charge on any atom is -0.502 e. The van der Waals surface area contributed by atoms with Crippen LogP contribution in [0.15, 0.2) is 42.7 Å². The molecule has 28 heavy (non-hydrogen) atoms. The van der Waals surface area contributed by atoms with Gasteiger partial charge in [-0.25, -0.2) is 8.78 Å². The summed E-state index contributed by atoms with van der Waals surface area (Å²) in [6.07, 6.45) is 2.87. The SMILES string of the molecule is C=C(CC[C@H]1CNc2cc(/C=C(\C)c3c(F)cccc3Cl)c(F)cc2O1)OC. The van der Waals surface area contributed by atoms with E-state index in [1.165, 1.54) is 18.2 Å². The Bertz CT molecular complexity index is 907. The van der Waals surface area contributed by atoms with Crippen LogP contribution in [0.25, 0.3) is 11.6 Å². The van der Waals surface area contributed by atoms with Gasteiger partial charge in [-0.05, 0) is 43.2 Å². The molecule has 1 aliphatic rings. The Labute approximate surface area is 168 Å². The highest BCUT2D eigenvalue weighted by Crippen LogP contribution is 2.35. The predicted molar refractivity (Wildman–Crippen MR) is 110 cm³/mol. The zero-order valence-corrected chi connectivity index (χ0v) is 16.6. The van der Waals surface area contributed by atoms with E-state index in [9.17, 15) is 8.78 Å². The van der Waals surface area contributed by atoms with E-state index >= 15 is 0 Å². The second kappa shape index (κ2) is 8.65. The van der Waals surface area contributed by atoms with Crippen LogP contribution in [0.2, 0.25) is 5.02 Å². The summed E-state index contributed by atoms with van der Waals surface area (Å²) in [6, 6.07) is 7.48. The molecule has 0 bridgehead atoms. The maximum atomic E-state index is 14.6. The van der Waals surface area contributed by atoms with Crippen molar-refractivity contribution >= 4 is 28.9 Å². The molecule has 1 N–H and O–H groups in total. The summed E-state index contributed by atoms with van der Waals surface area (Å²) < 4.78 is 39.7. The largest absolute Gasteiger partial charge is 0.502 e. The average Bonchev–Trinajstić information content (AvgIpc) is 2.66. The first-order valence-electron chi connectivity index (χ1n) is 8.97. The second-order valence-corrected chi connectivity index (χ2v) is 7.10. The highest BCUT2D eigenvalue weighted by atomic mass is 35.5. The van der Waals surface area contributed by atoms with Crippen LogP contribution in [-0.4, -0.2) is 19.8 Å². The molecule has 3 nitrogen and oxygen atoms in total. The van der Waals surface area contributed by atoms with Crippen LogP contribution in [0.1, 0.15) is 30.9 Å². The van der Waals surface area contributed by atoms with E-state index < -0.39 is 11.6 Å². The summed E-state index contributed by atoms with van der Waals surface area (Å²) in [5.41, 5.74) is 1.83. The van der Waals surface area contributed by atoms with Gasteiger partial charge in [0, 0.05) is 23.6 Å². The minimum absolute atomic E-state index is 0.0980. The highest BCUT2D eigenvalue weighted by molar-refractivity contribution is 6.32. The number of hydrogen-bond acceptors (Lipinski definition) is 3. The first-order chi connectivity index (χ1) is 13.4. The number of benzene rings is 2. The third-order valence-corrected chi connectivity index (χ3v) is 4.99. The molecule has 0 aromatic heterocycles. The lowest BCUT2D eigenvalue weighted by molar-refractivity contribution is 0.183. The lowest BCUT2D eigenvalue weighted by Gasteiger charge is -2.28. The summed E-state index contributed by atoms with van der Waals surface area (Å²) in [5.74, 6) is 0.245. The lowest BCUT2D eigenvalue weighted by Crippen LogP contribution is -2.31. The number of hydrogen-bond donors (Lipinski definition) is 1. The first kappa shape index (κ1) is 20.2. The fourth-order valence-corrected chi connectivity index (χ4v) is 3.44. The maximum absolute atomic E-state index is 14.6. The molecule has 0 aliphatic carbocycles. The molecule has 0 radical (unpaired) electrons. The Morgan fingerprint density at radius 3 is 2.86 bits per heavy atom. The van der Waals surface area contributed by atoms with E-state index in [1.807, 2.05) is 0 Å². The van der Waals surface area contributed by atoms with Gasteiger partial charge in [0.1, 0.15) is 23.5 Å². The van der Waals surface area contributed by atoms with Gasteiger partial charge in [-0.3, -0.25) is 0 Å². The van der Waals surface area contributed by atoms with Crippen LogP contribution in [0.5, 0.6) is 5.75 Å². The van der Waals surface area contributed by atoms with Crippen LogP contribution < -0.4 is 10.1 Å². The molecule has 0 fully saturated rings. The molecule has 148 valence electrons. The molecule has 1 aliphatic heterocycles. The number of ether oxygens (including phenoxy) is 2. The van der Waals surface area contributed by atoms with Gasteiger partial charge in [-0.2, -0.15) is 0 Å². The molecule has 0 amide bonds. The fourth-order valence-electron chi connectivity index (χ4n) is 3.13. The predicted octanol–water partition coefficient (Wildman–Crippen LogP) is 6.29. The van der Waals surface area contributed by atoms with Gasteiger partial charge < -0.3 is 14.8 Å². The summed E-state index contributed by atoms with van der Waals surface area (Å²) in [5, 5.41) is 3.55. The van der Waals surface area contributed by atoms with Gasteiger partial charge in [0.15, 0.2) is 0 Å². The highest BCUT2D eigenvalue weighted by Gasteiger charge is 2.21. The third-order valence-electron chi connectivity index (χ3n) is 4.68. The standard InChI is InChI=1S/C22H22ClF2NO2/c1-13(22-17(23)5-4-6-18(22)24)9-15-10-20-21(11-19(15)25)28-16(12-26-20)8-7-14(2)27-3/h4-6,9-11,16,26H,2,7-8,12H2,1,3H3/b13-9+/t16-/m0/s1. The van der Waals surface area contributed by atoms with E-state index in [-0.39, 0.29) is 16.7 Å². The molecule has 1 heterocycles. The smallest absolute Gasteiger partial charge is 0.145 e. The van der Waals surface area contributed by atoms with E-state index in [4.69, 9.17) is 21.1 Å². The summed E-state index contributed by atoms with van der Waals surface area (Å²) >= 11 is 6.10. The lowest BCUT2D eigenvalue weighted by atomic mass is 10.0. The fraction of sp³-hybridized carbons (Fsp3) is 0.273. The Kier molecular flexibility index (Phi) is 6.25. The van der Waals surface area contributed by atoms with Crippen molar-refractivity contribution in [3.63, 3.8) is 0 Å². The normalized spacial score (nSPS) is 16.0. The van der Waals surface area contributed by atoms with Crippen molar-refractivity contribution in [1.82, 2.24) is 0 Å². The van der Waals surface area contributed by atoms with Gasteiger partial charge >= 0.3 is 0 Å². The number of nitrogens with one attached hydrogen (secondary N) is 1. The topological polar surface area (TPSA) is 30.5 Å². The van der Waals surface area contributed by atoms with Crippen LogP contribution >= 0.6 is 11.6 Å². The van der Waals surface area contributed by atoms with Crippen molar-refractivity contribution in [2.24, 2.45) is 0 Å². The number of rotatable bonds is 6. The molecule has 0 saturated heterocycles. The van der Waals surface area contributed by atoms with Crippen LogP contribution in [-0.2, 0) is 4.74 Å². The van der Waals surface area contributed by atoms with Crippen molar-refractivity contribution in [1.29, 1.82) is 0 Å². The second-order valence-electron chi connectivity index (χ2n) is 6.70. The molecule has 0 saturated carbocycles. The van der Waals surface area contributed by atoms with Crippen molar-refractivity contribution < 1.29 is 18.3 Å². The average molecular weight is 406 g/mol. The number of halogens is 3. The Balaban J connectivity index is 1.82. The van der Waals surface area contributed by atoms with Crippen LogP contribution in [0.3, 0.4) is 0 Å². The van der Waals surface area contributed by atoms with Crippen LogP contribution in [0.4, 0.5) is 14.5 Å². The van der Waals surface area contributed by atoms with Gasteiger partial charge in [0.05, 0.1) is 30.1 Å². The van der Waals surface area contributed by atoms with E-state index in [2.05, 4.69) is 11.9 Å². The molecular weight excluding hydrogens is 384 g/mol. The van der Waals surface area contributed by atoms with Gasteiger partial charge in [0.2, 0.25) is 0 Å². The molecule has 6 heteroatoms. The first-order valence-corrected chi connectivity index (χ1v) is 9.35. The Hall–Kier alpha value is -2.53. The van der Waals surface area contributed by atoms with Crippen molar-refractivity contribution in [2.45, 2.75) is 25.9 Å². The van der Waals surface area contributed by atoms with Crippen molar-refractivity contribution in [2.75, 3.05) is 19.0 Å². The number of allylic oxidation sites excluding steroid dienone is 2. The molecule has 1 atom stereocenters. The molecule has 0 spiro atoms. The molecule has 3 rings (SSSR count). The summed E-state index contributed by atoms with van der Waals surface area (Å²) in [7, 11) is 1.58. The van der Waals surface area contributed by atoms with E-state index in [0.29, 0.717) is 47.7 Å². The quantitative estimate of drug-likeness (QED) is 0.452. The van der Waals surface area contributed by atoms with E-state index in [1.54, 1.807) is 32.2 Å². The van der Waals surface area contributed by atoms with Crippen molar-refractivity contribution in [3.8, 4) is 5.75 Å². The number of anilines is 1. The van der Waals surface area contributed by atoms with Crippen LogP contribution in [0, 0.1) is 11.6 Å². The Morgan fingerprint density at radius 2 is 2.14 bits per heavy atom.